The Balaban J connectivity index is -0.000000107. The van der Waals surface area contributed by atoms with Crippen LogP contribution in [-0.2, 0) is 10.4 Å². The molecule has 0 bridgehead atoms. The largest absolute Gasteiger partial charge is 2.00 e. The van der Waals surface area contributed by atoms with Crippen LogP contribution in [0.15, 0.2) is 0 Å². The molecule has 11 heteroatoms. The van der Waals surface area contributed by atoms with Crippen molar-refractivity contribution in [1.29, 1.82) is 0 Å². The molecule has 64 valence electrons. The molecule has 0 heterocycles. The van der Waals surface area contributed by atoms with Gasteiger partial charge in [0.15, 0.2) is 0 Å². The summed E-state index contributed by atoms with van der Waals surface area (Å²) in [6.07, 6.45) is 0. The van der Waals surface area contributed by atoms with Crippen molar-refractivity contribution in [3.63, 3.8) is 0 Å². The van der Waals surface area contributed by atoms with E-state index in [1.54, 1.807) is 0 Å². The second-order valence-corrected chi connectivity index (χ2v) is 2.99. The zero-order chi connectivity index (χ0) is 9.00. The van der Waals surface area contributed by atoms with Crippen LogP contribution in [0, 0.1) is 0 Å². The molecule has 0 unspecified atom stereocenters. The Morgan fingerprint density at radius 3 is 1.09 bits per heavy atom. The van der Waals surface area contributed by atoms with Gasteiger partial charge in [0.25, 0.3) is 0 Å². The van der Waals surface area contributed by atoms with Crippen LogP contribution in [-0.4, -0.2) is 73.9 Å². The molecule has 0 aromatic rings. The molecule has 8 nitrogen and oxygen atoms in total. The molecule has 0 radical (unpaired) electrons. The summed E-state index contributed by atoms with van der Waals surface area (Å²) in [5.41, 5.74) is 0. The smallest absolute Gasteiger partial charge is 0.828 e. The first kappa shape index (κ1) is 18.1. The van der Waals surface area contributed by atoms with Crippen molar-refractivity contribution in [1.82, 2.24) is 0 Å². The van der Waals surface area contributed by atoms with Gasteiger partial charge in [-0.25, -0.2) is 0 Å². The van der Waals surface area contributed by atoms with Crippen molar-refractivity contribution < 1.29 is 36.7 Å². The first-order valence-corrected chi connectivity index (χ1v) is 4.66. The second-order valence-electron chi connectivity index (χ2n) is 0.996. The molecular formula is H4CaO8SSi. The number of rotatable bonds is 0. The van der Waals surface area contributed by atoms with Crippen molar-refractivity contribution in [3.8, 4) is 0 Å². The van der Waals surface area contributed by atoms with E-state index in [0.717, 1.165) is 0 Å². The molecule has 0 saturated heterocycles. The van der Waals surface area contributed by atoms with Gasteiger partial charge in [-0.1, -0.05) is 0 Å². The summed E-state index contributed by atoms with van der Waals surface area (Å²) < 4.78 is 31.6. The van der Waals surface area contributed by atoms with Crippen LogP contribution in [0.25, 0.3) is 0 Å². The maximum atomic E-state index is 8.80. The van der Waals surface area contributed by atoms with E-state index >= 15 is 0 Å². The third-order valence-corrected chi connectivity index (χ3v) is 0. The minimum absolute atomic E-state index is 0. The quantitative estimate of drug-likeness (QED) is 0.238. The summed E-state index contributed by atoms with van der Waals surface area (Å²) in [5, 5.41) is 0. The minimum atomic E-state index is -5.11. The molecule has 0 aromatic carbocycles. The molecule has 0 aliphatic heterocycles. The molecule has 0 aliphatic rings. The predicted molar refractivity (Wildman–Crippen MR) is 30.1 cm³/mol. The fourth-order valence-corrected chi connectivity index (χ4v) is 0. The van der Waals surface area contributed by atoms with Crippen molar-refractivity contribution in [2.75, 3.05) is 0 Å². The van der Waals surface area contributed by atoms with Crippen LogP contribution in [0.3, 0.4) is 0 Å². The Bertz CT molecular complexity index is 149. The molecule has 0 spiro atoms. The van der Waals surface area contributed by atoms with E-state index in [0.29, 0.717) is 0 Å². The van der Waals surface area contributed by atoms with E-state index in [9.17, 15) is 0 Å². The van der Waals surface area contributed by atoms with Gasteiger partial charge >= 0.3 is 48.1 Å². The van der Waals surface area contributed by atoms with Crippen molar-refractivity contribution in [3.05, 3.63) is 0 Å². The summed E-state index contributed by atoms with van der Waals surface area (Å²) in [6.45, 7) is 0. The Hall–Kier alpha value is 1.19. The molecule has 0 fully saturated rings. The molecule has 0 rings (SSSR count). The summed E-state index contributed by atoms with van der Waals surface area (Å²) in [7, 11) is -9.78. The third kappa shape index (κ3) is 670. The first-order chi connectivity index (χ1) is 4.00. The molecule has 0 aromatic heterocycles. The maximum absolute atomic E-state index is 8.80. The van der Waals surface area contributed by atoms with Gasteiger partial charge in [-0.3, -0.25) is 9.11 Å². The van der Waals surface area contributed by atoms with E-state index in [-0.39, 0.29) is 37.7 Å². The number of hydrogen-bond acceptors (Lipinski definition) is 6. The zero-order valence-electron chi connectivity index (χ0n) is 5.04. The van der Waals surface area contributed by atoms with Crippen LogP contribution in [0.5, 0.6) is 0 Å². The van der Waals surface area contributed by atoms with Gasteiger partial charge in [0.2, 0.25) is 0 Å². The van der Waals surface area contributed by atoms with Gasteiger partial charge in [0.05, 0.1) is 0 Å². The molecule has 4 N–H and O–H groups in total. The summed E-state index contributed by atoms with van der Waals surface area (Å²) >= 11 is 0. The Morgan fingerprint density at radius 2 is 1.09 bits per heavy atom. The molecule has 0 aliphatic carbocycles. The molecule has 0 amide bonds. The van der Waals surface area contributed by atoms with Gasteiger partial charge in [0, 0.05) is 0 Å². The van der Waals surface area contributed by atoms with Gasteiger partial charge in [0.1, 0.15) is 9.05 Å². The molecule has 11 heavy (non-hydrogen) atoms. The van der Waals surface area contributed by atoms with Gasteiger partial charge in [-0.05, 0) is 0 Å². The second kappa shape index (κ2) is 6.68. The van der Waals surface area contributed by atoms with E-state index < -0.39 is 19.4 Å². The topological polar surface area (TPSA) is 161 Å². The zero-order valence-corrected chi connectivity index (χ0v) is 9.06. The molecule has 0 atom stereocenters. The van der Waals surface area contributed by atoms with Gasteiger partial charge in [-0.15, -0.1) is 0 Å². The molecule has 0 saturated carbocycles. The van der Waals surface area contributed by atoms with Crippen LogP contribution in [0.1, 0.15) is 0 Å². The van der Waals surface area contributed by atoms with E-state index in [2.05, 4.69) is 0 Å². The van der Waals surface area contributed by atoms with Gasteiger partial charge < -0.3 is 19.2 Å². The van der Waals surface area contributed by atoms with Crippen molar-refractivity contribution >= 4 is 57.2 Å². The van der Waals surface area contributed by atoms with Crippen LogP contribution < -0.4 is 9.59 Å². The maximum Gasteiger partial charge on any atom is 2.00 e. The van der Waals surface area contributed by atoms with Crippen LogP contribution >= 0.6 is 0 Å². The SMILES string of the molecule is O=S(=O)(O)O.[Ca+2].[O-][Si]([O-])(O)O. The average Bonchev–Trinajstić information content (AvgIpc) is 1.12. The summed E-state index contributed by atoms with van der Waals surface area (Å²) in [5.74, 6) is 0. The Kier molecular flexibility index (Phi) is 11.0. The predicted octanol–water partition coefficient (Wildman–Crippen LogP) is -4.91. The Morgan fingerprint density at radius 1 is 1.09 bits per heavy atom. The fraction of sp³-hybridized carbons (Fsp3) is 0. The van der Waals surface area contributed by atoms with Crippen LogP contribution in [0.4, 0.5) is 0 Å². The monoisotopic (exact) mass is 232 g/mol. The van der Waals surface area contributed by atoms with Gasteiger partial charge in [-0.2, -0.15) is 8.42 Å². The minimum Gasteiger partial charge on any atom is -0.828 e. The summed E-state index contributed by atoms with van der Waals surface area (Å²) in [4.78, 5) is 31.8. The fourth-order valence-electron chi connectivity index (χ4n) is 0. The summed E-state index contributed by atoms with van der Waals surface area (Å²) in [6, 6.07) is 0. The van der Waals surface area contributed by atoms with E-state index in [1.807, 2.05) is 0 Å². The third-order valence-electron chi connectivity index (χ3n) is 0. The van der Waals surface area contributed by atoms with Crippen molar-refractivity contribution in [2.24, 2.45) is 0 Å². The standard InChI is InChI=1S/Ca.H2O4S.H2O4Si/c;2*1-5(2,3)4/h;(H2,1,2,3,4);1-2H/q+2;;-2. The van der Waals surface area contributed by atoms with E-state index in [4.69, 9.17) is 36.7 Å². The normalized spacial score (nSPS) is 10.7. The van der Waals surface area contributed by atoms with E-state index in [1.165, 1.54) is 0 Å². The first-order valence-electron chi connectivity index (χ1n) is 1.55. The average molecular weight is 232 g/mol. The van der Waals surface area contributed by atoms with Crippen LogP contribution in [0.2, 0.25) is 0 Å². The van der Waals surface area contributed by atoms with Crippen molar-refractivity contribution in [2.45, 2.75) is 0 Å². The molecular weight excluding hydrogens is 228 g/mol. The number of hydrogen-bond donors (Lipinski definition) is 4. The Labute approximate surface area is 93.2 Å².